The van der Waals surface area contributed by atoms with Crippen LogP contribution in [0.15, 0.2) is 150 Å². The van der Waals surface area contributed by atoms with Gasteiger partial charge in [0, 0.05) is 27.4 Å². The van der Waals surface area contributed by atoms with Crippen molar-refractivity contribution in [2.75, 3.05) is 4.81 Å². The molecule has 0 saturated carbocycles. The molecule has 4 aromatic rings. The highest BCUT2D eigenvalue weighted by Gasteiger charge is 2.59. The van der Waals surface area contributed by atoms with Crippen LogP contribution in [0.4, 0.5) is 5.69 Å². The van der Waals surface area contributed by atoms with Gasteiger partial charge in [0.25, 0.3) is 0 Å². The number of ether oxygens (including phenoxy) is 1. The molecule has 10 rings (SSSR count). The molecular weight excluding hydrogens is 603 g/mol. The predicted molar refractivity (Wildman–Crippen MR) is 190 cm³/mol. The molecule has 5 atom stereocenters. The zero-order valence-corrected chi connectivity index (χ0v) is 26.7. The Kier molecular flexibility index (Phi) is 6.34. The van der Waals surface area contributed by atoms with Crippen LogP contribution in [0.1, 0.15) is 29.3 Å². The van der Waals surface area contributed by atoms with Crippen LogP contribution in [-0.2, 0) is 4.74 Å². The number of fused-ring (bicyclic) bond motifs is 9. The summed E-state index contributed by atoms with van der Waals surface area (Å²) in [5.74, 6) is 1.98. The molecule has 46 heavy (non-hydrogen) atoms. The number of hydrogen-bond donors (Lipinski definition) is 0. The molecule has 4 aromatic carbocycles. The van der Waals surface area contributed by atoms with Gasteiger partial charge in [0.05, 0.1) is 5.37 Å². The topological polar surface area (TPSA) is 24.9 Å². The van der Waals surface area contributed by atoms with E-state index in [2.05, 4.69) is 155 Å². The van der Waals surface area contributed by atoms with Gasteiger partial charge in [-0.2, -0.15) is 0 Å². The van der Waals surface area contributed by atoms with Crippen molar-refractivity contribution in [2.45, 2.75) is 45.9 Å². The van der Waals surface area contributed by atoms with Gasteiger partial charge in [-0.15, -0.1) is 11.8 Å². The van der Waals surface area contributed by atoms with E-state index in [4.69, 9.17) is 9.39 Å². The lowest BCUT2D eigenvalue weighted by molar-refractivity contribution is -0.00484. The van der Waals surface area contributed by atoms with E-state index >= 15 is 0 Å². The SMILES string of the molecule is C1=CC2=C(CC1)C1SC3C=C(c4ccccc4)C=CC3N1[C@@H](B1Oc3ccccc3C3Sc4cc(-c5ccccc5)ccc4N13)O2. The predicted octanol–water partition coefficient (Wildman–Crippen LogP) is 9.11. The molecule has 4 unspecified atom stereocenters. The van der Waals surface area contributed by atoms with Gasteiger partial charge in [-0.1, -0.05) is 121 Å². The third-order valence-corrected chi connectivity index (χ3v) is 12.8. The van der Waals surface area contributed by atoms with E-state index in [1.54, 1.807) is 0 Å². The Hall–Kier alpha value is -4.04. The summed E-state index contributed by atoms with van der Waals surface area (Å²) < 4.78 is 14.2. The first-order valence-electron chi connectivity index (χ1n) is 16.1. The Morgan fingerprint density at radius 3 is 2.46 bits per heavy atom. The maximum atomic E-state index is 7.11. The fraction of sp³-hybridized carbons (Fsp3) is 0.179. The first kappa shape index (κ1) is 27.1. The summed E-state index contributed by atoms with van der Waals surface area (Å²) in [6.07, 6.45) is 13.5. The van der Waals surface area contributed by atoms with Crippen LogP contribution in [0.2, 0.25) is 0 Å². The molecule has 0 amide bonds. The van der Waals surface area contributed by atoms with Gasteiger partial charge in [-0.05, 0) is 65.0 Å². The fourth-order valence-electron chi connectivity index (χ4n) is 7.80. The van der Waals surface area contributed by atoms with Gasteiger partial charge in [-0.25, -0.2) is 4.90 Å². The lowest BCUT2D eigenvalue weighted by atomic mass is 9.71. The molecule has 7 heteroatoms. The molecule has 1 saturated heterocycles. The third-order valence-electron chi connectivity index (χ3n) is 9.95. The zero-order valence-electron chi connectivity index (χ0n) is 25.1. The Balaban J connectivity index is 1.08. The molecule has 0 bridgehead atoms. The quantitative estimate of drug-likeness (QED) is 0.209. The minimum atomic E-state index is -0.324. The first-order valence-corrected chi connectivity index (χ1v) is 18.0. The van der Waals surface area contributed by atoms with E-state index in [9.17, 15) is 0 Å². The van der Waals surface area contributed by atoms with E-state index in [0.29, 0.717) is 5.25 Å². The van der Waals surface area contributed by atoms with E-state index in [0.717, 1.165) is 24.4 Å². The van der Waals surface area contributed by atoms with Gasteiger partial charge in [-0.3, -0.25) is 0 Å². The molecule has 0 N–H and O–H groups in total. The summed E-state index contributed by atoms with van der Waals surface area (Å²) in [7, 11) is -0.324. The van der Waals surface area contributed by atoms with E-state index in [1.165, 1.54) is 44.0 Å². The summed E-state index contributed by atoms with van der Waals surface area (Å²) >= 11 is 4.00. The molecule has 0 aromatic heterocycles. The van der Waals surface area contributed by atoms with Gasteiger partial charge in [0.2, 0.25) is 0 Å². The summed E-state index contributed by atoms with van der Waals surface area (Å²) in [4.78, 5) is 6.40. The Labute approximate surface area is 278 Å². The van der Waals surface area contributed by atoms with Crippen LogP contribution in [-0.4, -0.2) is 34.7 Å². The largest absolute Gasteiger partial charge is 0.544 e. The van der Waals surface area contributed by atoms with E-state index < -0.39 is 0 Å². The molecule has 0 radical (unpaired) electrons. The smallest absolute Gasteiger partial charge is 0.538 e. The van der Waals surface area contributed by atoms with E-state index in [1.807, 2.05) is 11.8 Å². The third kappa shape index (κ3) is 4.22. The summed E-state index contributed by atoms with van der Waals surface area (Å²) in [6, 6.07) is 37.1. The molecule has 1 fully saturated rings. The lowest BCUT2D eigenvalue weighted by Crippen LogP contribution is -2.65. The van der Waals surface area contributed by atoms with E-state index in [-0.39, 0.29) is 30.0 Å². The number of thioether (sulfide) groups is 2. The van der Waals surface area contributed by atoms with Gasteiger partial charge in [0.1, 0.15) is 16.9 Å². The molecule has 0 spiro atoms. The van der Waals surface area contributed by atoms with Crippen molar-refractivity contribution < 1.29 is 9.39 Å². The van der Waals surface area contributed by atoms with Crippen LogP contribution in [0, 0.1) is 0 Å². The summed E-state index contributed by atoms with van der Waals surface area (Å²) in [5, 5.41) is 0.668. The Morgan fingerprint density at radius 1 is 0.783 bits per heavy atom. The highest BCUT2D eigenvalue weighted by Crippen LogP contribution is 2.58. The van der Waals surface area contributed by atoms with Crippen LogP contribution >= 0.6 is 23.5 Å². The lowest BCUT2D eigenvalue weighted by Gasteiger charge is -2.48. The van der Waals surface area contributed by atoms with Gasteiger partial charge in [0.15, 0.2) is 6.13 Å². The van der Waals surface area contributed by atoms with Gasteiger partial charge >= 0.3 is 7.05 Å². The van der Waals surface area contributed by atoms with Crippen molar-refractivity contribution >= 4 is 41.8 Å². The normalized spacial score (nSPS) is 27.0. The van der Waals surface area contributed by atoms with Crippen molar-refractivity contribution in [3.05, 3.63) is 156 Å². The van der Waals surface area contributed by atoms with Crippen molar-refractivity contribution in [3.8, 4) is 16.9 Å². The number of nitrogens with zero attached hydrogens (tertiary/aromatic N) is 2. The molecule has 6 aliphatic rings. The van der Waals surface area contributed by atoms with Crippen molar-refractivity contribution in [1.29, 1.82) is 0 Å². The molecule has 224 valence electrons. The summed E-state index contributed by atoms with van der Waals surface area (Å²) in [5.41, 5.74) is 8.88. The molecule has 4 heterocycles. The van der Waals surface area contributed by atoms with Gasteiger partial charge < -0.3 is 14.2 Å². The van der Waals surface area contributed by atoms with Crippen LogP contribution in [0.25, 0.3) is 16.7 Å². The van der Waals surface area contributed by atoms with Crippen molar-refractivity contribution in [1.82, 2.24) is 4.90 Å². The minimum Gasteiger partial charge on any atom is -0.538 e. The zero-order chi connectivity index (χ0) is 30.2. The standard InChI is InChI=1S/C39H31BN2O2S2/c1-3-11-25(12-4-1)27-19-21-31-35(23-27)45-37-29-15-7-9-17-33(29)43-39(41(31)37)40-42-32-22-20-28(26-13-5-2-6-14-26)24-36(32)46-38(42)30-16-8-10-18-34(30)44-40/h1-6,8-14,16-24,31,35,37-39H,7,15H2/t31?,35?,37?,38?,39-/m1/s1. The average molecular weight is 635 g/mol. The number of benzene rings is 4. The highest BCUT2D eigenvalue weighted by molar-refractivity contribution is 8.01. The number of para-hydroxylation sites is 1. The van der Waals surface area contributed by atoms with Crippen LogP contribution < -0.4 is 9.47 Å². The average Bonchev–Trinajstić information content (AvgIpc) is 3.71. The number of anilines is 1. The fourth-order valence-corrected chi connectivity index (χ4v) is 10.9. The maximum absolute atomic E-state index is 7.11. The second-order valence-corrected chi connectivity index (χ2v) is 14.9. The van der Waals surface area contributed by atoms with Crippen molar-refractivity contribution in [2.24, 2.45) is 0 Å². The number of hydrogen-bond acceptors (Lipinski definition) is 6. The van der Waals surface area contributed by atoms with Crippen molar-refractivity contribution in [3.63, 3.8) is 0 Å². The molecular formula is C39H31BN2O2S2. The maximum Gasteiger partial charge on any atom is 0.544 e. The number of rotatable bonds is 3. The first-order chi connectivity index (χ1) is 22.8. The second-order valence-electron chi connectivity index (χ2n) is 12.5. The molecule has 4 aliphatic heterocycles. The Morgan fingerprint density at radius 2 is 1.59 bits per heavy atom. The van der Waals surface area contributed by atoms with Crippen LogP contribution in [0.5, 0.6) is 5.75 Å². The minimum absolute atomic E-state index is 0.104. The number of allylic oxidation sites excluding steroid dienone is 4. The Bertz CT molecular complexity index is 1980. The second kappa shape index (κ2) is 10.8. The monoisotopic (exact) mass is 634 g/mol. The van der Waals surface area contributed by atoms with Crippen LogP contribution in [0.3, 0.4) is 0 Å². The summed E-state index contributed by atoms with van der Waals surface area (Å²) in [6.45, 7) is 0. The highest BCUT2D eigenvalue weighted by atomic mass is 32.2. The molecule has 2 aliphatic carbocycles. The molecule has 4 nitrogen and oxygen atoms in total.